The van der Waals surface area contributed by atoms with Crippen LogP contribution in [-0.2, 0) is 6.42 Å². The Hall–Kier alpha value is -1.95. The quantitative estimate of drug-likeness (QED) is 0.483. The van der Waals surface area contributed by atoms with Gasteiger partial charge < -0.3 is 0 Å². The van der Waals surface area contributed by atoms with Gasteiger partial charge in [-0.2, -0.15) is 0 Å². The molecule has 2 aromatic rings. The van der Waals surface area contributed by atoms with Crippen molar-refractivity contribution in [3.63, 3.8) is 0 Å². The molecule has 0 saturated heterocycles. The predicted octanol–water partition coefficient (Wildman–Crippen LogP) is 2.96. The zero-order valence-electron chi connectivity index (χ0n) is 11.3. The molecule has 0 fully saturated rings. The lowest BCUT2D eigenvalue weighted by atomic mass is 10.1. The van der Waals surface area contributed by atoms with Gasteiger partial charge in [-0.3, -0.25) is 10.1 Å². The lowest BCUT2D eigenvalue weighted by molar-refractivity contribution is -0.384. The molecule has 7 heteroatoms. The number of halogens is 1. The van der Waals surface area contributed by atoms with E-state index in [1.165, 1.54) is 4.68 Å². The number of aryl methyl sites for hydroxylation is 3. The van der Waals surface area contributed by atoms with Crippen LogP contribution in [0.15, 0.2) is 18.3 Å². The van der Waals surface area contributed by atoms with Gasteiger partial charge in [0.15, 0.2) is 0 Å². The normalized spacial score (nSPS) is 10.8. The van der Waals surface area contributed by atoms with Gasteiger partial charge in [-0.25, -0.2) is 4.68 Å². The fourth-order valence-electron chi connectivity index (χ4n) is 1.89. The zero-order chi connectivity index (χ0) is 14.7. The van der Waals surface area contributed by atoms with E-state index in [2.05, 4.69) is 10.3 Å². The molecule has 6 nitrogen and oxygen atoms in total. The van der Waals surface area contributed by atoms with E-state index >= 15 is 0 Å². The topological polar surface area (TPSA) is 73.8 Å². The first-order valence-corrected chi connectivity index (χ1v) is 6.79. The predicted molar refractivity (Wildman–Crippen MR) is 76.5 cm³/mol. The molecule has 106 valence electrons. The van der Waals surface area contributed by atoms with E-state index < -0.39 is 4.92 Å². The van der Waals surface area contributed by atoms with Crippen molar-refractivity contribution in [1.82, 2.24) is 15.0 Å². The van der Waals surface area contributed by atoms with E-state index in [4.69, 9.17) is 11.6 Å². The highest BCUT2D eigenvalue weighted by Crippen LogP contribution is 2.26. The second-order valence-electron chi connectivity index (χ2n) is 4.63. The molecule has 0 unspecified atom stereocenters. The minimum absolute atomic E-state index is 0.0295. The summed E-state index contributed by atoms with van der Waals surface area (Å²) in [5.74, 6) is 0.552. The highest BCUT2D eigenvalue weighted by atomic mass is 35.5. The van der Waals surface area contributed by atoms with Gasteiger partial charge in [0.1, 0.15) is 5.69 Å². The Morgan fingerprint density at radius 3 is 2.70 bits per heavy atom. The van der Waals surface area contributed by atoms with Gasteiger partial charge in [-0.1, -0.05) is 5.21 Å². The van der Waals surface area contributed by atoms with Gasteiger partial charge in [0, 0.05) is 11.9 Å². The number of nitrogens with zero attached hydrogens (tertiary/aromatic N) is 4. The van der Waals surface area contributed by atoms with Crippen LogP contribution in [0.1, 0.15) is 23.2 Å². The number of nitro benzene ring substituents is 1. The summed E-state index contributed by atoms with van der Waals surface area (Å²) in [4.78, 5) is 10.8. The standard InChI is InChI=1S/C13H15ClN4O2/c1-9-6-12(13(18(19)20)7-10(9)2)17-8-11(15-16-17)4-3-5-14/h6-8H,3-5H2,1-2H3. The molecule has 0 aliphatic heterocycles. The van der Waals surface area contributed by atoms with E-state index in [0.29, 0.717) is 18.0 Å². The van der Waals surface area contributed by atoms with Crippen molar-refractivity contribution >= 4 is 17.3 Å². The van der Waals surface area contributed by atoms with Crippen LogP contribution in [0, 0.1) is 24.0 Å². The van der Waals surface area contributed by atoms with Crippen LogP contribution in [0.5, 0.6) is 0 Å². The molecule has 2 rings (SSSR count). The summed E-state index contributed by atoms with van der Waals surface area (Å²) in [5.41, 5.74) is 3.09. The lowest BCUT2D eigenvalue weighted by Crippen LogP contribution is -2.02. The number of benzene rings is 1. The summed E-state index contributed by atoms with van der Waals surface area (Å²) in [6.07, 6.45) is 3.22. The number of hydrogen-bond acceptors (Lipinski definition) is 4. The Bertz CT molecular complexity index is 639. The summed E-state index contributed by atoms with van der Waals surface area (Å²) in [6.45, 7) is 3.76. The molecule has 1 heterocycles. The number of alkyl halides is 1. The van der Waals surface area contributed by atoms with Crippen LogP contribution in [0.4, 0.5) is 5.69 Å². The van der Waals surface area contributed by atoms with Gasteiger partial charge in [-0.05, 0) is 43.9 Å². The van der Waals surface area contributed by atoms with Gasteiger partial charge >= 0.3 is 0 Å². The van der Waals surface area contributed by atoms with E-state index in [1.54, 1.807) is 18.3 Å². The Morgan fingerprint density at radius 2 is 2.05 bits per heavy atom. The SMILES string of the molecule is Cc1cc(-n2cc(CCCCl)nn2)c([N+](=O)[O-])cc1C. The highest BCUT2D eigenvalue weighted by molar-refractivity contribution is 6.17. The van der Waals surface area contributed by atoms with Crippen molar-refractivity contribution in [2.75, 3.05) is 5.88 Å². The van der Waals surface area contributed by atoms with Crippen LogP contribution in [-0.4, -0.2) is 25.8 Å². The Morgan fingerprint density at radius 1 is 1.35 bits per heavy atom. The summed E-state index contributed by atoms with van der Waals surface area (Å²) in [7, 11) is 0. The molecule has 0 atom stereocenters. The van der Waals surface area contributed by atoms with Gasteiger partial charge in [-0.15, -0.1) is 16.7 Å². The second kappa shape index (κ2) is 6.00. The molecule has 0 aliphatic rings. The molecule has 0 aliphatic carbocycles. The fourth-order valence-corrected chi connectivity index (χ4v) is 2.03. The Kier molecular flexibility index (Phi) is 4.34. The van der Waals surface area contributed by atoms with E-state index in [-0.39, 0.29) is 5.69 Å². The average molecular weight is 295 g/mol. The molecular weight excluding hydrogens is 280 g/mol. The first kappa shape index (κ1) is 14.5. The third-order valence-electron chi connectivity index (χ3n) is 3.14. The third kappa shape index (κ3) is 2.96. The third-order valence-corrected chi connectivity index (χ3v) is 3.41. The summed E-state index contributed by atoms with van der Waals surface area (Å²) in [5, 5.41) is 19.2. The zero-order valence-corrected chi connectivity index (χ0v) is 12.1. The van der Waals surface area contributed by atoms with Crippen molar-refractivity contribution in [3.05, 3.63) is 45.3 Å². The minimum Gasteiger partial charge on any atom is -0.258 e. The van der Waals surface area contributed by atoms with Crippen LogP contribution in [0.2, 0.25) is 0 Å². The van der Waals surface area contributed by atoms with E-state index in [9.17, 15) is 10.1 Å². The maximum absolute atomic E-state index is 11.2. The average Bonchev–Trinajstić information content (AvgIpc) is 2.87. The minimum atomic E-state index is -0.401. The van der Waals surface area contributed by atoms with Crippen molar-refractivity contribution in [2.24, 2.45) is 0 Å². The maximum atomic E-state index is 11.2. The highest BCUT2D eigenvalue weighted by Gasteiger charge is 2.18. The number of nitro groups is 1. The van der Waals surface area contributed by atoms with E-state index in [1.807, 2.05) is 13.8 Å². The Balaban J connectivity index is 2.43. The molecule has 1 aromatic carbocycles. The van der Waals surface area contributed by atoms with Crippen molar-refractivity contribution < 1.29 is 4.92 Å². The molecule has 0 N–H and O–H groups in total. The number of hydrogen-bond donors (Lipinski definition) is 0. The smallest absolute Gasteiger partial charge is 0.258 e. The largest absolute Gasteiger partial charge is 0.295 e. The molecule has 0 amide bonds. The number of rotatable bonds is 5. The first-order chi connectivity index (χ1) is 9.52. The van der Waals surface area contributed by atoms with Gasteiger partial charge in [0.25, 0.3) is 5.69 Å². The fraction of sp³-hybridized carbons (Fsp3) is 0.385. The summed E-state index contributed by atoms with van der Waals surface area (Å²) >= 11 is 5.64. The van der Waals surface area contributed by atoms with Gasteiger partial charge in [0.05, 0.1) is 16.8 Å². The van der Waals surface area contributed by atoms with Crippen LogP contribution >= 0.6 is 11.6 Å². The van der Waals surface area contributed by atoms with Crippen molar-refractivity contribution in [2.45, 2.75) is 26.7 Å². The lowest BCUT2D eigenvalue weighted by Gasteiger charge is -2.06. The molecule has 0 radical (unpaired) electrons. The monoisotopic (exact) mass is 294 g/mol. The molecule has 0 bridgehead atoms. The molecule has 1 aromatic heterocycles. The van der Waals surface area contributed by atoms with Crippen LogP contribution in [0.25, 0.3) is 5.69 Å². The first-order valence-electron chi connectivity index (χ1n) is 6.26. The Labute approximate surface area is 121 Å². The van der Waals surface area contributed by atoms with Gasteiger partial charge in [0.2, 0.25) is 0 Å². The molecule has 0 spiro atoms. The molecule has 0 saturated carbocycles. The number of aromatic nitrogens is 3. The molecular formula is C13H15ClN4O2. The van der Waals surface area contributed by atoms with Crippen LogP contribution in [0.3, 0.4) is 0 Å². The van der Waals surface area contributed by atoms with Crippen LogP contribution < -0.4 is 0 Å². The summed E-state index contributed by atoms with van der Waals surface area (Å²) in [6, 6.07) is 3.32. The van der Waals surface area contributed by atoms with Crippen molar-refractivity contribution in [3.8, 4) is 5.69 Å². The van der Waals surface area contributed by atoms with Crippen molar-refractivity contribution in [1.29, 1.82) is 0 Å². The summed E-state index contributed by atoms with van der Waals surface area (Å²) < 4.78 is 1.45. The second-order valence-corrected chi connectivity index (χ2v) is 5.01. The van der Waals surface area contributed by atoms with E-state index in [0.717, 1.165) is 23.2 Å². The molecule has 20 heavy (non-hydrogen) atoms. The maximum Gasteiger partial charge on any atom is 0.295 e.